The number of thioether (sulfide) groups is 1. The maximum absolute atomic E-state index is 13.2. The van der Waals surface area contributed by atoms with E-state index in [-0.39, 0.29) is 5.91 Å². The second kappa shape index (κ2) is 7.28. The van der Waals surface area contributed by atoms with E-state index in [0.717, 1.165) is 28.3 Å². The van der Waals surface area contributed by atoms with E-state index in [1.165, 1.54) is 4.90 Å². The van der Waals surface area contributed by atoms with Crippen molar-refractivity contribution in [2.75, 3.05) is 26.3 Å². The van der Waals surface area contributed by atoms with E-state index < -0.39 is 0 Å². The van der Waals surface area contributed by atoms with Crippen LogP contribution in [-0.4, -0.2) is 46.9 Å². The Morgan fingerprint density at radius 3 is 2.61 bits per heavy atom. The van der Waals surface area contributed by atoms with Crippen LogP contribution in [0.5, 0.6) is 0 Å². The molecule has 0 atom stereocenters. The molecule has 3 heterocycles. The monoisotopic (exact) mass is 411 g/mol. The van der Waals surface area contributed by atoms with Crippen LogP contribution in [0.15, 0.2) is 53.4 Å². The lowest BCUT2D eigenvalue weighted by Gasteiger charge is -2.26. The Morgan fingerprint density at radius 1 is 1.07 bits per heavy atom. The van der Waals surface area contributed by atoms with Crippen LogP contribution in [-0.2, 0) is 10.5 Å². The molecular formula is C21H18ClN3O2S. The number of carbonyl (C=O) groups excluding carboxylic acids is 1. The van der Waals surface area contributed by atoms with Crippen LogP contribution < -0.4 is 0 Å². The number of benzene rings is 2. The number of rotatable bonds is 2. The molecule has 28 heavy (non-hydrogen) atoms. The second-order valence-corrected chi connectivity index (χ2v) is 8.21. The van der Waals surface area contributed by atoms with Crippen molar-refractivity contribution in [1.29, 1.82) is 0 Å². The molecule has 5 nitrogen and oxygen atoms in total. The number of fused-ring (bicyclic) bond motifs is 3. The average molecular weight is 412 g/mol. The number of morpholine rings is 1. The van der Waals surface area contributed by atoms with Crippen LogP contribution in [0, 0.1) is 0 Å². The third-order valence-electron chi connectivity index (χ3n) is 5.07. The average Bonchev–Trinajstić information content (AvgIpc) is 3.14. The Morgan fingerprint density at radius 2 is 1.82 bits per heavy atom. The van der Waals surface area contributed by atoms with Crippen LogP contribution >= 0.6 is 23.4 Å². The molecule has 1 saturated heterocycles. The Labute approximate surface area is 172 Å². The fraction of sp³-hybridized carbons (Fsp3) is 0.238. The van der Waals surface area contributed by atoms with Gasteiger partial charge in [-0.25, -0.2) is 4.68 Å². The highest BCUT2D eigenvalue weighted by molar-refractivity contribution is 7.98. The van der Waals surface area contributed by atoms with E-state index in [1.807, 2.05) is 46.0 Å². The highest BCUT2D eigenvalue weighted by Crippen LogP contribution is 2.43. The van der Waals surface area contributed by atoms with Gasteiger partial charge in [0, 0.05) is 39.9 Å². The van der Waals surface area contributed by atoms with Crippen molar-refractivity contribution in [2.45, 2.75) is 10.6 Å². The number of aromatic nitrogens is 2. The lowest BCUT2D eigenvalue weighted by Crippen LogP contribution is -2.41. The predicted molar refractivity (Wildman–Crippen MR) is 110 cm³/mol. The zero-order valence-corrected chi connectivity index (χ0v) is 16.7. The van der Waals surface area contributed by atoms with Gasteiger partial charge in [0.05, 0.1) is 24.6 Å². The third kappa shape index (κ3) is 3.02. The summed E-state index contributed by atoms with van der Waals surface area (Å²) in [4.78, 5) is 16.3. The largest absolute Gasteiger partial charge is 0.378 e. The first-order valence-electron chi connectivity index (χ1n) is 9.19. The molecule has 0 spiro atoms. The van der Waals surface area contributed by atoms with E-state index in [4.69, 9.17) is 21.4 Å². The van der Waals surface area contributed by atoms with Gasteiger partial charge in [-0.2, -0.15) is 5.10 Å². The molecule has 2 aliphatic rings. The quantitative estimate of drug-likeness (QED) is 0.631. The molecule has 7 heteroatoms. The Kier molecular flexibility index (Phi) is 4.62. The summed E-state index contributed by atoms with van der Waals surface area (Å²) in [6, 6.07) is 15.8. The van der Waals surface area contributed by atoms with Gasteiger partial charge in [0.25, 0.3) is 5.91 Å². The van der Waals surface area contributed by atoms with Crippen molar-refractivity contribution in [3.8, 4) is 16.9 Å². The molecule has 1 amide bonds. The maximum atomic E-state index is 13.2. The predicted octanol–water partition coefficient (Wildman–Crippen LogP) is 4.27. The summed E-state index contributed by atoms with van der Waals surface area (Å²) in [5.74, 6) is 0.706. The van der Waals surface area contributed by atoms with Crippen LogP contribution in [0.3, 0.4) is 0 Å². The van der Waals surface area contributed by atoms with Gasteiger partial charge in [0.1, 0.15) is 0 Å². The fourth-order valence-corrected chi connectivity index (χ4v) is 4.85. The zero-order valence-electron chi connectivity index (χ0n) is 15.1. The first-order chi connectivity index (χ1) is 13.7. The molecule has 0 N–H and O–H groups in total. The van der Waals surface area contributed by atoms with Gasteiger partial charge < -0.3 is 9.64 Å². The molecule has 2 aliphatic heterocycles. The lowest BCUT2D eigenvalue weighted by atomic mass is 10.0. The summed E-state index contributed by atoms with van der Waals surface area (Å²) in [6.07, 6.45) is 0. The SMILES string of the molecule is O=C(c1nn(-c2ccc(Cl)cc2)c2c1CSc1ccccc1-2)N1CCOCC1. The minimum atomic E-state index is -0.0211. The molecule has 2 aromatic carbocycles. The van der Waals surface area contributed by atoms with E-state index in [9.17, 15) is 4.79 Å². The lowest BCUT2D eigenvalue weighted by molar-refractivity contribution is 0.0298. The Balaban J connectivity index is 1.68. The molecule has 0 aliphatic carbocycles. The zero-order chi connectivity index (χ0) is 19.1. The first kappa shape index (κ1) is 17.8. The third-order valence-corrected chi connectivity index (χ3v) is 6.42. The number of amides is 1. The second-order valence-electron chi connectivity index (χ2n) is 6.75. The van der Waals surface area contributed by atoms with Crippen LogP contribution in [0.4, 0.5) is 0 Å². The van der Waals surface area contributed by atoms with E-state index in [0.29, 0.717) is 37.0 Å². The molecule has 0 radical (unpaired) electrons. The molecule has 5 rings (SSSR count). The van der Waals surface area contributed by atoms with Crippen LogP contribution in [0.2, 0.25) is 5.02 Å². The molecule has 1 aromatic heterocycles. The summed E-state index contributed by atoms with van der Waals surface area (Å²) < 4.78 is 7.28. The topological polar surface area (TPSA) is 47.4 Å². The number of halogens is 1. The molecule has 142 valence electrons. The smallest absolute Gasteiger partial charge is 0.274 e. The van der Waals surface area contributed by atoms with Gasteiger partial charge in [0.15, 0.2) is 5.69 Å². The summed E-state index contributed by atoms with van der Waals surface area (Å²) in [6.45, 7) is 2.35. The number of carbonyl (C=O) groups is 1. The van der Waals surface area contributed by atoms with Crippen molar-refractivity contribution in [3.05, 3.63) is 64.8 Å². The number of ether oxygens (including phenoxy) is 1. The number of hydrogen-bond donors (Lipinski definition) is 0. The summed E-state index contributed by atoms with van der Waals surface area (Å²) >= 11 is 7.83. The highest BCUT2D eigenvalue weighted by atomic mass is 35.5. The number of hydrogen-bond acceptors (Lipinski definition) is 4. The summed E-state index contributed by atoms with van der Waals surface area (Å²) in [5, 5.41) is 5.47. The molecule has 0 bridgehead atoms. The van der Waals surface area contributed by atoms with E-state index in [2.05, 4.69) is 12.1 Å². The van der Waals surface area contributed by atoms with Crippen molar-refractivity contribution in [1.82, 2.24) is 14.7 Å². The molecule has 3 aromatic rings. The normalized spacial score (nSPS) is 15.8. The summed E-state index contributed by atoms with van der Waals surface area (Å²) in [7, 11) is 0. The molecule has 0 unspecified atom stereocenters. The van der Waals surface area contributed by atoms with Gasteiger partial charge in [0.2, 0.25) is 0 Å². The van der Waals surface area contributed by atoms with Gasteiger partial charge in [-0.1, -0.05) is 29.8 Å². The summed E-state index contributed by atoms with van der Waals surface area (Å²) in [5.41, 5.74) is 4.53. The minimum absolute atomic E-state index is 0.0211. The fourth-order valence-electron chi connectivity index (χ4n) is 3.66. The van der Waals surface area contributed by atoms with Crippen LogP contribution in [0.1, 0.15) is 16.1 Å². The van der Waals surface area contributed by atoms with Crippen molar-refractivity contribution >= 4 is 29.3 Å². The van der Waals surface area contributed by atoms with E-state index >= 15 is 0 Å². The standard InChI is InChI=1S/C21H18ClN3O2S/c22-14-5-7-15(8-6-14)25-20-16-3-1-2-4-18(16)28-13-17(20)19(23-25)21(26)24-9-11-27-12-10-24/h1-8H,9-13H2. The van der Waals surface area contributed by atoms with Crippen molar-refractivity contribution in [3.63, 3.8) is 0 Å². The Bertz CT molecular complexity index is 1040. The highest BCUT2D eigenvalue weighted by Gasteiger charge is 2.31. The van der Waals surface area contributed by atoms with Crippen molar-refractivity contribution < 1.29 is 9.53 Å². The molecule has 1 fully saturated rings. The van der Waals surface area contributed by atoms with Crippen LogP contribution in [0.25, 0.3) is 16.9 Å². The van der Waals surface area contributed by atoms with E-state index in [1.54, 1.807) is 11.8 Å². The van der Waals surface area contributed by atoms with Gasteiger partial charge in [-0.15, -0.1) is 11.8 Å². The van der Waals surface area contributed by atoms with Crippen molar-refractivity contribution in [2.24, 2.45) is 0 Å². The molecule has 0 saturated carbocycles. The van der Waals surface area contributed by atoms with Gasteiger partial charge >= 0.3 is 0 Å². The maximum Gasteiger partial charge on any atom is 0.274 e. The van der Waals surface area contributed by atoms with Gasteiger partial charge in [-0.3, -0.25) is 4.79 Å². The van der Waals surface area contributed by atoms with Gasteiger partial charge in [-0.05, 0) is 30.3 Å². The number of nitrogens with zero attached hydrogens (tertiary/aromatic N) is 3. The first-order valence-corrected chi connectivity index (χ1v) is 10.6. The minimum Gasteiger partial charge on any atom is -0.378 e. The Hall–Kier alpha value is -2.28. The molecular weight excluding hydrogens is 394 g/mol.